The van der Waals surface area contributed by atoms with Crippen LogP contribution in [-0.2, 0) is 0 Å². The number of nitrogens with one attached hydrogen (secondary N) is 1. The third-order valence-corrected chi connectivity index (χ3v) is 5.05. The molecule has 0 aliphatic rings. The highest BCUT2D eigenvalue weighted by Crippen LogP contribution is 2.25. The Hall–Kier alpha value is -2.51. The second-order valence-corrected chi connectivity index (χ2v) is 6.90. The summed E-state index contributed by atoms with van der Waals surface area (Å²) in [6.45, 7) is 3.81. The van der Waals surface area contributed by atoms with Gasteiger partial charge in [0.05, 0.1) is 11.8 Å². The van der Waals surface area contributed by atoms with Crippen molar-refractivity contribution in [2.45, 2.75) is 20.0 Å². The molecule has 0 bridgehead atoms. The average molecular weight is 376 g/mol. The van der Waals surface area contributed by atoms with E-state index in [4.69, 9.17) is 0 Å². The van der Waals surface area contributed by atoms with Gasteiger partial charge in [-0.15, -0.1) is 11.3 Å². The molecular formula is C19H18F2N2O2S. The number of benzene rings is 1. The van der Waals surface area contributed by atoms with Crippen LogP contribution < -0.4 is 5.32 Å². The quantitative estimate of drug-likeness (QED) is 0.710. The molecule has 2 N–H and O–H groups in total. The van der Waals surface area contributed by atoms with E-state index in [1.54, 1.807) is 0 Å². The summed E-state index contributed by atoms with van der Waals surface area (Å²) in [6.07, 6.45) is -1.13. The van der Waals surface area contributed by atoms with Crippen molar-refractivity contribution < 1.29 is 18.7 Å². The highest BCUT2D eigenvalue weighted by Gasteiger charge is 2.18. The van der Waals surface area contributed by atoms with E-state index in [1.165, 1.54) is 17.4 Å². The van der Waals surface area contributed by atoms with E-state index in [2.05, 4.69) is 5.32 Å². The molecule has 0 saturated carbocycles. The summed E-state index contributed by atoms with van der Waals surface area (Å²) < 4.78 is 28.2. The first-order valence-corrected chi connectivity index (χ1v) is 8.90. The van der Waals surface area contributed by atoms with E-state index in [0.717, 1.165) is 29.2 Å². The molecular weight excluding hydrogens is 358 g/mol. The molecule has 0 aliphatic carbocycles. The predicted octanol–water partition coefficient (Wildman–Crippen LogP) is 3.90. The summed E-state index contributed by atoms with van der Waals surface area (Å²) in [7, 11) is 0. The fourth-order valence-corrected chi connectivity index (χ4v) is 3.60. The SMILES string of the molecule is Cc1ccc(C)n1-c1ccsc1C(=O)NC[C@@H](O)c1ccc(F)c(F)c1. The summed E-state index contributed by atoms with van der Waals surface area (Å²) >= 11 is 1.30. The standard InChI is InChI=1S/C19H18F2N2O2S/c1-11-3-4-12(2)23(11)16-7-8-26-18(16)19(25)22-10-17(24)13-5-6-14(20)15(21)9-13/h3-9,17,24H,10H2,1-2H3,(H,22,25)/t17-/m1/s1. The summed E-state index contributed by atoms with van der Waals surface area (Å²) in [5.41, 5.74) is 3.00. The number of hydrogen-bond donors (Lipinski definition) is 2. The summed E-state index contributed by atoms with van der Waals surface area (Å²) in [5.74, 6) is -2.35. The monoisotopic (exact) mass is 376 g/mol. The number of thiophene rings is 1. The van der Waals surface area contributed by atoms with Gasteiger partial charge in [-0.1, -0.05) is 6.07 Å². The molecule has 7 heteroatoms. The van der Waals surface area contributed by atoms with Crippen molar-refractivity contribution in [1.29, 1.82) is 0 Å². The second-order valence-electron chi connectivity index (χ2n) is 5.99. The summed E-state index contributed by atoms with van der Waals surface area (Å²) in [4.78, 5) is 13.1. The highest BCUT2D eigenvalue weighted by molar-refractivity contribution is 7.12. The van der Waals surface area contributed by atoms with Crippen LogP contribution in [0.2, 0.25) is 0 Å². The van der Waals surface area contributed by atoms with Gasteiger partial charge in [-0.05, 0) is 55.1 Å². The lowest BCUT2D eigenvalue weighted by molar-refractivity contribution is 0.0920. The van der Waals surface area contributed by atoms with Gasteiger partial charge in [0.2, 0.25) is 0 Å². The van der Waals surface area contributed by atoms with Gasteiger partial charge in [-0.25, -0.2) is 8.78 Å². The maximum absolute atomic E-state index is 13.3. The maximum Gasteiger partial charge on any atom is 0.263 e. The number of aliphatic hydroxyl groups is 1. The number of nitrogens with zero attached hydrogens (tertiary/aromatic N) is 1. The first-order chi connectivity index (χ1) is 12.4. The molecule has 4 nitrogen and oxygen atoms in total. The van der Waals surface area contributed by atoms with E-state index in [-0.39, 0.29) is 18.0 Å². The Bertz CT molecular complexity index is 929. The van der Waals surface area contributed by atoms with Gasteiger partial charge in [0, 0.05) is 17.9 Å². The summed E-state index contributed by atoms with van der Waals surface area (Å²) in [5, 5.41) is 14.6. The minimum atomic E-state index is -1.13. The molecule has 26 heavy (non-hydrogen) atoms. The first kappa shape index (κ1) is 18.3. The van der Waals surface area contributed by atoms with Gasteiger partial charge >= 0.3 is 0 Å². The van der Waals surface area contributed by atoms with E-state index < -0.39 is 17.7 Å². The van der Waals surface area contributed by atoms with Crippen LogP contribution in [0.25, 0.3) is 5.69 Å². The molecule has 0 unspecified atom stereocenters. The minimum absolute atomic E-state index is 0.106. The van der Waals surface area contributed by atoms with Crippen LogP contribution in [0.5, 0.6) is 0 Å². The van der Waals surface area contributed by atoms with Crippen LogP contribution in [0.15, 0.2) is 41.8 Å². The Morgan fingerprint density at radius 2 is 1.85 bits per heavy atom. The number of carbonyl (C=O) groups excluding carboxylic acids is 1. The third-order valence-electron chi connectivity index (χ3n) is 4.15. The molecule has 2 heterocycles. The zero-order valence-electron chi connectivity index (χ0n) is 14.3. The second kappa shape index (κ2) is 7.39. The molecule has 1 aromatic carbocycles. The number of carbonyl (C=O) groups is 1. The van der Waals surface area contributed by atoms with Gasteiger partial charge in [0.1, 0.15) is 4.88 Å². The molecule has 0 saturated heterocycles. The number of aryl methyl sites for hydroxylation is 2. The van der Waals surface area contributed by atoms with Gasteiger partial charge in [0.15, 0.2) is 11.6 Å². The van der Waals surface area contributed by atoms with Crippen LogP contribution in [-0.4, -0.2) is 22.1 Å². The Kier molecular flexibility index (Phi) is 5.20. The molecule has 3 aromatic rings. The molecule has 1 atom stereocenters. The minimum Gasteiger partial charge on any atom is -0.387 e. The topological polar surface area (TPSA) is 54.3 Å². The van der Waals surface area contributed by atoms with E-state index in [9.17, 15) is 18.7 Å². The van der Waals surface area contributed by atoms with Crippen LogP contribution in [0.3, 0.4) is 0 Å². The maximum atomic E-state index is 13.3. The lowest BCUT2D eigenvalue weighted by atomic mass is 10.1. The van der Waals surface area contributed by atoms with Gasteiger partial charge in [0.25, 0.3) is 5.91 Å². The van der Waals surface area contributed by atoms with Gasteiger partial charge < -0.3 is 15.0 Å². The van der Waals surface area contributed by atoms with E-state index in [1.807, 2.05) is 42.0 Å². The Balaban J connectivity index is 1.73. The lowest BCUT2D eigenvalue weighted by Crippen LogP contribution is -2.28. The molecule has 3 rings (SSSR count). The van der Waals surface area contributed by atoms with Crippen molar-refractivity contribution >= 4 is 17.2 Å². The van der Waals surface area contributed by atoms with Crippen LogP contribution in [0.1, 0.15) is 32.7 Å². The molecule has 0 radical (unpaired) electrons. The van der Waals surface area contributed by atoms with Crippen molar-refractivity contribution in [3.05, 3.63) is 75.2 Å². The van der Waals surface area contributed by atoms with Crippen molar-refractivity contribution in [2.24, 2.45) is 0 Å². The Morgan fingerprint density at radius 1 is 1.15 bits per heavy atom. The number of hydrogen-bond acceptors (Lipinski definition) is 3. The van der Waals surface area contributed by atoms with Crippen molar-refractivity contribution in [2.75, 3.05) is 6.54 Å². The van der Waals surface area contributed by atoms with Gasteiger partial charge in [-0.2, -0.15) is 0 Å². The predicted molar refractivity (Wildman–Crippen MR) is 96.8 cm³/mol. The number of aromatic nitrogens is 1. The zero-order valence-corrected chi connectivity index (χ0v) is 15.1. The van der Waals surface area contributed by atoms with E-state index >= 15 is 0 Å². The number of aliphatic hydroxyl groups excluding tert-OH is 1. The fourth-order valence-electron chi connectivity index (χ4n) is 2.80. The average Bonchev–Trinajstić information content (AvgIpc) is 3.21. The first-order valence-electron chi connectivity index (χ1n) is 8.02. The lowest BCUT2D eigenvalue weighted by Gasteiger charge is -2.14. The Labute approximate surface area is 153 Å². The highest BCUT2D eigenvalue weighted by atomic mass is 32.1. The molecule has 2 aromatic heterocycles. The number of rotatable bonds is 5. The smallest absolute Gasteiger partial charge is 0.263 e. The molecule has 136 valence electrons. The summed E-state index contributed by atoms with van der Waals surface area (Å²) in [6, 6.07) is 8.98. The van der Waals surface area contributed by atoms with Crippen molar-refractivity contribution in [3.63, 3.8) is 0 Å². The molecule has 0 aliphatic heterocycles. The van der Waals surface area contributed by atoms with Crippen molar-refractivity contribution in [3.8, 4) is 5.69 Å². The van der Waals surface area contributed by atoms with Crippen LogP contribution >= 0.6 is 11.3 Å². The van der Waals surface area contributed by atoms with Gasteiger partial charge in [-0.3, -0.25) is 4.79 Å². The Morgan fingerprint density at radius 3 is 2.50 bits per heavy atom. The van der Waals surface area contributed by atoms with Crippen molar-refractivity contribution in [1.82, 2.24) is 9.88 Å². The molecule has 1 amide bonds. The molecule has 0 spiro atoms. The van der Waals surface area contributed by atoms with Crippen LogP contribution in [0, 0.1) is 25.5 Å². The van der Waals surface area contributed by atoms with Crippen LogP contribution in [0.4, 0.5) is 8.78 Å². The fraction of sp³-hybridized carbons (Fsp3) is 0.211. The third kappa shape index (κ3) is 3.54. The normalized spacial score (nSPS) is 12.2. The zero-order chi connectivity index (χ0) is 18.8. The number of halogens is 2. The largest absolute Gasteiger partial charge is 0.387 e. The molecule has 0 fully saturated rings. The number of amides is 1. The van der Waals surface area contributed by atoms with E-state index in [0.29, 0.717) is 4.88 Å².